The molecule has 0 bridgehead atoms. The van der Waals surface area contributed by atoms with E-state index in [-0.39, 0.29) is 24.4 Å². The van der Waals surface area contributed by atoms with Crippen LogP contribution < -0.4 is 5.32 Å². The Balaban J connectivity index is 0.00000180. The highest BCUT2D eigenvalue weighted by Crippen LogP contribution is 2.15. The first-order valence-corrected chi connectivity index (χ1v) is 6.22. The first-order valence-electron chi connectivity index (χ1n) is 6.22. The van der Waals surface area contributed by atoms with Crippen LogP contribution in [0.4, 0.5) is 0 Å². The molecule has 4 nitrogen and oxygen atoms in total. The fourth-order valence-corrected chi connectivity index (χ4v) is 2.18. The van der Waals surface area contributed by atoms with Gasteiger partial charge in [-0.3, -0.25) is 4.79 Å². The first-order chi connectivity index (χ1) is 8.79. The van der Waals surface area contributed by atoms with Crippen molar-refractivity contribution in [3.05, 3.63) is 35.9 Å². The molecule has 0 spiro atoms. The number of ether oxygens (including phenoxy) is 2. The summed E-state index contributed by atoms with van der Waals surface area (Å²) in [6.07, 6.45) is 0.793. The molecule has 5 heteroatoms. The number of hydrogen-bond acceptors (Lipinski definition) is 4. The van der Waals surface area contributed by atoms with Gasteiger partial charge in [0.25, 0.3) is 0 Å². The molecule has 0 radical (unpaired) electrons. The van der Waals surface area contributed by atoms with Crippen LogP contribution in [0.2, 0.25) is 0 Å². The molecule has 0 unspecified atom stereocenters. The zero-order valence-corrected chi connectivity index (χ0v) is 11.8. The molecule has 0 aromatic heterocycles. The summed E-state index contributed by atoms with van der Waals surface area (Å²) < 4.78 is 10.4. The molecule has 1 aliphatic rings. The van der Waals surface area contributed by atoms with Gasteiger partial charge in [0, 0.05) is 13.7 Å². The summed E-state index contributed by atoms with van der Waals surface area (Å²) in [5.74, 6) is 0.238. The smallest absolute Gasteiger partial charge is 0.323 e. The van der Waals surface area contributed by atoms with Gasteiger partial charge < -0.3 is 14.8 Å². The Hall–Kier alpha value is -1.10. The summed E-state index contributed by atoms with van der Waals surface area (Å²) >= 11 is 0. The summed E-state index contributed by atoms with van der Waals surface area (Å²) in [6, 6.07) is 9.52. The molecule has 1 aliphatic heterocycles. The molecule has 1 saturated heterocycles. The van der Waals surface area contributed by atoms with Crippen LogP contribution in [0.15, 0.2) is 30.3 Å². The van der Waals surface area contributed by atoms with E-state index in [9.17, 15) is 4.79 Å². The highest BCUT2D eigenvalue weighted by molar-refractivity contribution is 5.85. The van der Waals surface area contributed by atoms with E-state index in [1.165, 1.54) is 0 Å². The van der Waals surface area contributed by atoms with E-state index >= 15 is 0 Å². The van der Waals surface area contributed by atoms with E-state index in [1.54, 1.807) is 7.11 Å². The molecule has 0 aliphatic carbocycles. The van der Waals surface area contributed by atoms with Gasteiger partial charge in [-0.25, -0.2) is 0 Å². The van der Waals surface area contributed by atoms with E-state index < -0.39 is 0 Å². The molecule has 1 heterocycles. The number of rotatable bonds is 5. The van der Waals surface area contributed by atoms with Gasteiger partial charge >= 0.3 is 5.97 Å². The molecule has 0 amide bonds. The SMILES string of the molecule is COC[C@H]1CN[C@H](C(=O)OCc2ccccc2)C1.Cl. The third kappa shape index (κ3) is 4.82. The fourth-order valence-electron chi connectivity index (χ4n) is 2.18. The third-order valence-electron chi connectivity index (χ3n) is 3.13. The van der Waals surface area contributed by atoms with E-state index in [0.29, 0.717) is 19.1 Å². The zero-order valence-electron chi connectivity index (χ0n) is 11.0. The monoisotopic (exact) mass is 285 g/mol. The minimum absolute atomic E-state index is 0. The van der Waals surface area contributed by atoms with Crippen LogP contribution in [0, 0.1) is 5.92 Å². The lowest BCUT2D eigenvalue weighted by molar-refractivity contribution is -0.147. The highest BCUT2D eigenvalue weighted by Gasteiger charge is 2.30. The second-order valence-corrected chi connectivity index (χ2v) is 4.61. The van der Waals surface area contributed by atoms with Crippen molar-refractivity contribution in [3.8, 4) is 0 Å². The van der Waals surface area contributed by atoms with Crippen molar-refractivity contribution in [3.63, 3.8) is 0 Å². The maximum Gasteiger partial charge on any atom is 0.323 e. The van der Waals surface area contributed by atoms with Crippen LogP contribution in [-0.2, 0) is 20.9 Å². The predicted molar refractivity (Wildman–Crippen MR) is 75.3 cm³/mol. The quantitative estimate of drug-likeness (QED) is 0.838. The van der Waals surface area contributed by atoms with Crippen molar-refractivity contribution in [2.45, 2.75) is 19.1 Å². The maximum atomic E-state index is 11.8. The Bertz CT molecular complexity index is 386. The average Bonchev–Trinajstić information content (AvgIpc) is 2.86. The minimum atomic E-state index is -0.186. The van der Waals surface area contributed by atoms with Gasteiger partial charge in [-0.2, -0.15) is 0 Å². The Morgan fingerprint density at radius 3 is 2.79 bits per heavy atom. The first kappa shape index (κ1) is 16.0. The summed E-state index contributed by atoms with van der Waals surface area (Å²) in [5.41, 5.74) is 1.01. The van der Waals surface area contributed by atoms with Crippen molar-refractivity contribution in [1.82, 2.24) is 5.32 Å². The van der Waals surface area contributed by atoms with Gasteiger partial charge in [0.1, 0.15) is 12.6 Å². The van der Waals surface area contributed by atoms with Gasteiger partial charge in [-0.1, -0.05) is 30.3 Å². The minimum Gasteiger partial charge on any atom is -0.460 e. The normalized spacial score (nSPS) is 21.7. The summed E-state index contributed by atoms with van der Waals surface area (Å²) in [5, 5.41) is 3.17. The highest BCUT2D eigenvalue weighted by atomic mass is 35.5. The summed E-state index contributed by atoms with van der Waals surface area (Å²) in [6.45, 7) is 1.85. The molecule has 2 rings (SSSR count). The lowest BCUT2D eigenvalue weighted by atomic mass is 10.1. The molecule has 1 aromatic rings. The largest absolute Gasteiger partial charge is 0.460 e. The summed E-state index contributed by atoms with van der Waals surface area (Å²) in [4.78, 5) is 11.8. The van der Waals surface area contributed by atoms with Crippen LogP contribution in [0.1, 0.15) is 12.0 Å². The molecular formula is C14H20ClNO3. The Morgan fingerprint density at radius 1 is 1.37 bits per heavy atom. The van der Waals surface area contributed by atoms with Crippen molar-refractivity contribution in [1.29, 1.82) is 0 Å². The van der Waals surface area contributed by atoms with E-state index in [1.807, 2.05) is 30.3 Å². The third-order valence-corrected chi connectivity index (χ3v) is 3.13. The number of carbonyl (C=O) groups excluding carboxylic acids is 1. The number of halogens is 1. The molecule has 2 atom stereocenters. The lowest BCUT2D eigenvalue weighted by Crippen LogP contribution is -2.32. The van der Waals surface area contributed by atoms with Crippen LogP contribution in [0.5, 0.6) is 0 Å². The number of hydrogen-bond donors (Lipinski definition) is 1. The van der Waals surface area contributed by atoms with Gasteiger partial charge in [-0.15, -0.1) is 12.4 Å². The van der Waals surface area contributed by atoms with Gasteiger partial charge in [-0.05, 0) is 17.9 Å². The van der Waals surface area contributed by atoms with Gasteiger partial charge in [0.05, 0.1) is 6.61 Å². The Labute approximate surface area is 119 Å². The lowest BCUT2D eigenvalue weighted by Gasteiger charge is -2.10. The Kier molecular flexibility index (Phi) is 6.84. The number of benzene rings is 1. The second kappa shape index (κ2) is 8.15. The number of esters is 1. The predicted octanol–water partition coefficient (Wildman–Crippen LogP) is 1.78. The van der Waals surface area contributed by atoms with Crippen molar-refractivity contribution < 1.29 is 14.3 Å². The van der Waals surface area contributed by atoms with Crippen molar-refractivity contribution in [2.75, 3.05) is 20.3 Å². The number of carbonyl (C=O) groups is 1. The molecule has 19 heavy (non-hydrogen) atoms. The van der Waals surface area contributed by atoms with Crippen LogP contribution in [-0.4, -0.2) is 32.3 Å². The standard InChI is InChI=1S/C14H19NO3.ClH/c1-17-9-12-7-13(15-8-12)14(16)18-10-11-5-3-2-4-6-11;/h2-6,12-13,15H,7-10H2,1H3;1H/t12-,13+;/m1./s1. The molecule has 1 aromatic carbocycles. The topological polar surface area (TPSA) is 47.6 Å². The molecular weight excluding hydrogens is 266 g/mol. The van der Waals surface area contributed by atoms with Crippen molar-refractivity contribution >= 4 is 18.4 Å². The summed E-state index contributed by atoms with van der Waals surface area (Å²) in [7, 11) is 1.68. The number of nitrogens with one attached hydrogen (secondary N) is 1. The van der Waals surface area contributed by atoms with Gasteiger partial charge in [0.15, 0.2) is 0 Å². The molecule has 106 valence electrons. The van der Waals surface area contributed by atoms with E-state index in [0.717, 1.165) is 18.5 Å². The van der Waals surface area contributed by atoms with Crippen LogP contribution in [0.25, 0.3) is 0 Å². The zero-order chi connectivity index (χ0) is 12.8. The molecule has 1 fully saturated rings. The Morgan fingerprint density at radius 2 is 2.11 bits per heavy atom. The second-order valence-electron chi connectivity index (χ2n) is 4.61. The molecule has 1 N–H and O–H groups in total. The molecule has 0 saturated carbocycles. The van der Waals surface area contributed by atoms with Crippen LogP contribution >= 0.6 is 12.4 Å². The van der Waals surface area contributed by atoms with E-state index in [4.69, 9.17) is 9.47 Å². The maximum absolute atomic E-state index is 11.8. The van der Waals surface area contributed by atoms with Gasteiger partial charge in [0.2, 0.25) is 0 Å². The fraction of sp³-hybridized carbons (Fsp3) is 0.500. The van der Waals surface area contributed by atoms with E-state index in [2.05, 4.69) is 5.32 Å². The number of methoxy groups -OCH3 is 1. The van der Waals surface area contributed by atoms with Crippen LogP contribution in [0.3, 0.4) is 0 Å². The van der Waals surface area contributed by atoms with Crippen molar-refractivity contribution in [2.24, 2.45) is 5.92 Å². The average molecular weight is 286 g/mol.